The Kier molecular flexibility index (Phi) is 2.08. The van der Waals surface area contributed by atoms with Gasteiger partial charge in [0.25, 0.3) is 0 Å². The third kappa shape index (κ3) is 1.36. The summed E-state index contributed by atoms with van der Waals surface area (Å²) in [6.07, 6.45) is 0. The number of epoxide rings is 1. The molecule has 2 aromatic carbocycles. The summed E-state index contributed by atoms with van der Waals surface area (Å²) in [5.41, 5.74) is 3.67. The van der Waals surface area contributed by atoms with E-state index in [0.29, 0.717) is 0 Å². The molecule has 1 saturated heterocycles. The van der Waals surface area contributed by atoms with Gasteiger partial charge in [-0.15, -0.1) is 0 Å². The lowest BCUT2D eigenvalue weighted by Gasteiger charge is -2.15. The molecule has 1 aliphatic heterocycles. The van der Waals surface area contributed by atoms with Crippen molar-refractivity contribution < 1.29 is 4.74 Å². The lowest BCUT2D eigenvalue weighted by atomic mass is 9.89. The van der Waals surface area contributed by atoms with Gasteiger partial charge in [-0.1, -0.05) is 54.6 Å². The molecule has 1 unspecified atom stereocenters. The predicted molar refractivity (Wildman–Crippen MR) is 64.4 cm³/mol. The van der Waals surface area contributed by atoms with Crippen LogP contribution < -0.4 is 0 Å². The van der Waals surface area contributed by atoms with E-state index in [1.807, 2.05) is 6.07 Å². The van der Waals surface area contributed by atoms with Crippen molar-refractivity contribution in [3.05, 3.63) is 71.3 Å². The number of hydrogen-bond acceptors (Lipinski definition) is 1. The quantitative estimate of drug-likeness (QED) is 0.693. The average molecular weight is 210 g/mol. The number of hydrogen-bond donors (Lipinski definition) is 0. The van der Waals surface area contributed by atoms with Crippen LogP contribution in [-0.2, 0) is 10.3 Å². The number of ether oxygens (including phenoxy) is 1. The number of benzene rings is 2. The highest BCUT2D eigenvalue weighted by molar-refractivity contribution is 5.44. The molecule has 0 N–H and O–H groups in total. The van der Waals surface area contributed by atoms with E-state index in [2.05, 4.69) is 55.5 Å². The van der Waals surface area contributed by atoms with Gasteiger partial charge >= 0.3 is 0 Å². The monoisotopic (exact) mass is 210 g/mol. The summed E-state index contributed by atoms with van der Waals surface area (Å²) < 4.78 is 5.75. The summed E-state index contributed by atoms with van der Waals surface area (Å²) in [6, 6.07) is 18.9. The Morgan fingerprint density at radius 2 is 1.56 bits per heavy atom. The number of rotatable bonds is 2. The van der Waals surface area contributed by atoms with E-state index in [9.17, 15) is 0 Å². The molecule has 0 radical (unpaired) electrons. The zero-order chi connectivity index (χ0) is 11.0. The van der Waals surface area contributed by atoms with E-state index < -0.39 is 0 Å². The minimum Gasteiger partial charge on any atom is -0.359 e. The van der Waals surface area contributed by atoms with Gasteiger partial charge in [-0.2, -0.15) is 0 Å². The topological polar surface area (TPSA) is 12.5 Å². The third-order valence-corrected chi connectivity index (χ3v) is 3.25. The van der Waals surface area contributed by atoms with Crippen molar-refractivity contribution in [2.24, 2.45) is 0 Å². The van der Waals surface area contributed by atoms with Gasteiger partial charge in [0, 0.05) is 0 Å². The van der Waals surface area contributed by atoms with Crippen LogP contribution in [0.25, 0.3) is 0 Å². The standard InChI is InChI=1S/C15H14O/c1-12-7-5-6-10-14(12)15(11-16-15)13-8-3-2-4-9-13/h2-10H,11H2,1H3. The van der Waals surface area contributed by atoms with Crippen LogP contribution in [0.1, 0.15) is 16.7 Å². The van der Waals surface area contributed by atoms with E-state index in [1.165, 1.54) is 16.7 Å². The van der Waals surface area contributed by atoms with E-state index in [4.69, 9.17) is 4.74 Å². The van der Waals surface area contributed by atoms with Crippen LogP contribution in [0.2, 0.25) is 0 Å². The summed E-state index contributed by atoms with van der Waals surface area (Å²) in [4.78, 5) is 0. The van der Waals surface area contributed by atoms with Crippen molar-refractivity contribution in [3.63, 3.8) is 0 Å². The summed E-state index contributed by atoms with van der Waals surface area (Å²) in [6.45, 7) is 2.93. The van der Waals surface area contributed by atoms with E-state index in [-0.39, 0.29) is 5.60 Å². The minimum atomic E-state index is -0.174. The molecule has 0 amide bonds. The van der Waals surface area contributed by atoms with Crippen LogP contribution in [0.15, 0.2) is 54.6 Å². The van der Waals surface area contributed by atoms with Crippen LogP contribution in [0.3, 0.4) is 0 Å². The highest BCUT2D eigenvalue weighted by atomic mass is 16.6. The van der Waals surface area contributed by atoms with Crippen LogP contribution in [0.4, 0.5) is 0 Å². The Hall–Kier alpha value is -1.60. The van der Waals surface area contributed by atoms with Gasteiger partial charge in [-0.3, -0.25) is 0 Å². The Balaban J connectivity index is 2.11. The Labute approximate surface area is 95.7 Å². The first-order chi connectivity index (χ1) is 7.83. The zero-order valence-corrected chi connectivity index (χ0v) is 9.31. The first-order valence-electron chi connectivity index (χ1n) is 5.58. The lowest BCUT2D eigenvalue weighted by molar-refractivity contribution is 0.348. The molecule has 2 aromatic rings. The molecule has 80 valence electrons. The highest BCUT2D eigenvalue weighted by Gasteiger charge is 2.48. The molecule has 1 heteroatoms. The summed E-state index contributed by atoms with van der Waals surface area (Å²) in [5, 5.41) is 0. The molecule has 1 heterocycles. The number of aryl methyl sites for hydroxylation is 1. The maximum absolute atomic E-state index is 5.75. The van der Waals surface area contributed by atoms with Crippen LogP contribution in [-0.4, -0.2) is 6.61 Å². The maximum Gasteiger partial charge on any atom is 0.142 e. The summed E-state index contributed by atoms with van der Waals surface area (Å²) >= 11 is 0. The fourth-order valence-corrected chi connectivity index (χ4v) is 2.28. The first-order valence-corrected chi connectivity index (χ1v) is 5.58. The largest absolute Gasteiger partial charge is 0.359 e. The Morgan fingerprint density at radius 1 is 0.938 bits per heavy atom. The molecule has 1 aliphatic rings. The molecular weight excluding hydrogens is 196 g/mol. The predicted octanol–water partition coefficient (Wildman–Crippen LogP) is 3.27. The maximum atomic E-state index is 5.75. The second-order valence-corrected chi connectivity index (χ2v) is 4.30. The second kappa shape index (κ2) is 3.46. The molecule has 16 heavy (non-hydrogen) atoms. The van der Waals surface area contributed by atoms with E-state index in [1.54, 1.807) is 0 Å². The molecule has 0 aromatic heterocycles. The van der Waals surface area contributed by atoms with Crippen LogP contribution in [0.5, 0.6) is 0 Å². The van der Waals surface area contributed by atoms with Crippen molar-refractivity contribution in [1.82, 2.24) is 0 Å². The van der Waals surface area contributed by atoms with Crippen molar-refractivity contribution >= 4 is 0 Å². The van der Waals surface area contributed by atoms with E-state index >= 15 is 0 Å². The van der Waals surface area contributed by atoms with Crippen molar-refractivity contribution in [2.45, 2.75) is 12.5 Å². The smallest absolute Gasteiger partial charge is 0.142 e. The van der Waals surface area contributed by atoms with Crippen molar-refractivity contribution in [2.75, 3.05) is 6.61 Å². The molecule has 1 atom stereocenters. The molecule has 0 spiro atoms. The van der Waals surface area contributed by atoms with E-state index in [0.717, 1.165) is 6.61 Å². The normalized spacial score (nSPS) is 23.1. The van der Waals surface area contributed by atoms with Crippen LogP contribution in [0, 0.1) is 6.92 Å². The second-order valence-electron chi connectivity index (χ2n) is 4.30. The molecular formula is C15H14O. The van der Waals surface area contributed by atoms with Gasteiger partial charge < -0.3 is 4.74 Å². The molecule has 0 bridgehead atoms. The van der Waals surface area contributed by atoms with Crippen molar-refractivity contribution in [3.8, 4) is 0 Å². The fourth-order valence-electron chi connectivity index (χ4n) is 2.28. The fraction of sp³-hybridized carbons (Fsp3) is 0.200. The van der Waals surface area contributed by atoms with Crippen molar-refractivity contribution in [1.29, 1.82) is 0 Å². The molecule has 0 aliphatic carbocycles. The Morgan fingerprint density at radius 3 is 2.19 bits per heavy atom. The van der Waals surface area contributed by atoms with Gasteiger partial charge in [0.05, 0.1) is 6.61 Å². The summed E-state index contributed by atoms with van der Waals surface area (Å²) in [7, 11) is 0. The van der Waals surface area contributed by atoms with Gasteiger partial charge in [-0.25, -0.2) is 0 Å². The van der Waals surface area contributed by atoms with Gasteiger partial charge in [0.1, 0.15) is 5.60 Å². The first kappa shape index (κ1) is 9.61. The average Bonchev–Trinajstić information content (AvgIpc) is 3.12. The summed E-state index contributed by atoms with van der Waals surface area (Å²) in [5.74, 6) is 0. The lowest BCUT2D eigenvalue weighted by Crippen LogP contribution is -2.12. The van der Waals surface area contributed by atoms with Crippen LogP contribution >= 0.6 is 0 Å². The molecule has 1 nitrogen and oxygen atoms in total. The molecule has 1 fully saturated rings. The SMILES string of the molecule is Cc1ccccc1C1(c2ccccc2)CO1. The zero-order valence-electron chi connectivity index (χ0n) is 9.31. The molecule has 0 saturated carbocycles. The van der Waals surface area contributed by atoms with Gasteiger partial charge in [-0.05, 0) is 23.6 Å². The van der Waals surface area contributed by atoms with Gasteiger partial charge in [0.2, 0.25) is 0 Å². The Bertz CT molecular complexity index is 498. The highest BCUT2D eigenvalue weighted by Crippen LogP contribution is 2.45. The minimum absolute atomic E-state index is 0.174. The third-order valence-electron chi connectivity index (χ3n) is 3.25. The van der Waals surface area contributed by atoms with Gasteiger partial charge in [0.15, 0.2) is 0 Å². The molecule has 3 rings (SSSR count).